The summed E-state index contributed by atoms with van der Waals surface area (Å²) in [5, 5.41) is 5.41. The van der Waals surface area contributed by atoms with Crippen molar-refractivity contribution in [1.82, 2.24) is 10.2 Å². The van der Waals surface area contributed by atoms with Crippen molar-refractivity contribution in [2.24, 2.45) is 0 Å². The number of carbonyl (C=O) groups is 3. The van der Waals surface area contributed by atoms with Gasteiger partial charge >= 0.3 is 6.09 Å². The van der Waals surface area contributed by atoms with Crippen LogP contribution in [0.4, 0.5) is 10.5 Å². The maximum absolute atomic E-state index is 13.4. The zero-order valence-electron chi connectivity index (χ0n) is 20.3. The minimum absolute atomic E-state index is 0.0920. The van der Waals surface area contributed by atoms with Gasteiger partial charge in [0.15, 0.2) is 0 Å². The van der Waals surface area contributed by atoms with Crippen molar-refractivity contribution in [3.63, 3.8) is 0 Å². The van der Waals surface area contributed by atoms with Gasteiger partial charge in [-0.25, -0.2) is 4.79 Å². The third-order valence-corrected chi connectivity index (χ3v) is 4.75. The molecule has 2 rings (SSSR count). The van der Waals surface area contributed by atoms with E-state index in [0.717, 1.165) is 0 Å². The van der Waals surface area contributed by atoms with Crippen LogP contribution in [-0.4, -0.2) is 48.1 Å². The largest absolute Gasteiger partial charge is 0.497 e. The van der Waals surface area contributed by atoms with E-state index in [1.807, 2.05) is 6.07 Å². The molecule has 2 aromatic carbocycles. The van der Waals surface area contributed by atoms with Gasteiger partial charge in [-0.2, -0.15) is 0 Å². The molecule has 34 heavy (non-hydrogen) atoms. The molecule has 0 aliphatic rings. The molecule has 0 radical (unpaired) electrons. The lowest BCUT2D eigenvalue weighted by Gasteiger charge is -2.33. The Kier molecular flexibility index (Phi) is 9.24. The van der Waals surface area contributed by atoms with Crippen LogP contribution in [0.15, 0.2) is 67.3 Å². The summed E-state index contributed by atoms with van der Waals surface area (Å²) in [6.07, 6.45) is 0.820. The second-order valence-corrected chi connectivity index (χ2v) is 8.68. The molecule has 2 aromatic rings. The number of amides is 3. The Hall–Kier alpha value is -3.81. The van der Waals surface area contributed by atoms with E-state index in [0.29, 0.717) is 17.0 Å². The van der Waals surface area contributed by atoms with Crippen LogP contribution < -0.4 is 15.4 Å². The van der Waals surface area contributed by atoms with E-state index >= 15 is 0 Å². The van der Waals surface area contributed by atoms with Gasteiger partial charge in [0.1, 0.15) is 23.4 Å². The van der Waals surface area contributed by atoms with E-state index in [2.05, 4.69) is 17.2 Å². The van der Waals surface area contributed by atoms with Crippen LogP contribution in [-0.2, 0) is 14.3 Å². The summed E-state index contributed by atoms with van der Waals surface area (Å²) in [7, 11) is 1.56. The summed E-state index contributed by atoms with van der Waals surface area (Å²) >= 11 is 0. The quantitative estimate of drug-likeness (QED) is 0.536. The van der Waals surface area contributed by atoms with Crippen LogP contribution in [0, 0.1) is 0 Å². The number of benzene rings is 2. The highest BCUT2D eigenvalue weighted by atomic mass is 16.6. The maximum atomic E-state index is 13.4. The van der Waals surface area contributed by atoms with E-state index in [-0.39, 0.29) is 6.54 Å². The lowest BCUT2D eigenvalue weighted by Crippen LogP contribution is -2.51. The second-order valence-electron chi connectivity index (χ2n) is 8.68. The summed E-state index contributed by atoms with van der Waals surface area (Å²) < 4.78 is 10.4. The topological polar surface area (TPSA) is 97.0 Å². The lowest BCUT2D eigenvalue weighted by atomic mass is 10.0. The van der Waals surface area contributed by atoms with Crippen LogP contribution in [0.3, 0.4) is 0 Å². The minimum atomic E-state index is -0.961. The first-order valence-electron chi connectivity index (χ1n) is 11.0. The second kappa shape index (κ2) is 11.9. The van der Waals surface area contributed by atoms with Gasteiger partial charge < -0.3 is 25.0 Å². The first kappa shape index (κ1) is 26.4. The van der Waals surface area contributed by atoms with Crippen LogP contribution in [0.1, 0.15) is 39.3 Å². The Morgan fingerprint density at radius 3 is 2.21 bits per heavy atom. The van der Waals surface area contributed by atoms with Crippen molar-refractivity contribution in [2.45, 2.75) is 45.4 Å². The zero-order chi connectivity index (χ0) is 25.3. The standard InChI is InChI=1S/C26H33N3O5/c1-7-17-29(24(31)18(2)27-25(32)34-26(3,4)5)22(19-11-9-8-10-12-19)23(30)28-20-13-15-21(33-6)16-14-20/h7-16,18,22H,1,17H2,2-6H3,(H,27,32)(H,28,30). The zero-order valence-corrected chi connectivity index (χ0v) is 20.3. The number of ether oxygens (including phenoxy) is 2. The highest BCUT2D eigenvalue weighted by Gasteiger charge is 2.34. The van der Waals surface area contributed by atoms with Crippen molar-refractivity contribution < 1.29 is 23.9 Å². The number of nitrogens with zero attached hydrogens (tertiary/aromatic N) is 1. The number of alkyl carbamates (subject to hydrolysis) is 1. The minimum Gasteiger partial charge on any atom is -0.497 e. The van der Waals surface area contributed by atoms with Crippen LogP contribution in [0.5, 0.6) is 5.75 Å². The SMILES string of the molecule is C=CCN(C(=O)C(C)NC(=O)OC(C)(C)C)C(C(=O)Nc1ccc(OC)cc1)c1ccccc1. The highest BCUT2D eigenvalue weighted by molar-refractivity contribution is 5.99. The number of methoxy groups -OCH3 is 1. The van der Waals surface area contributed by atoms with Crippen molar-refractivity contribution in [1.29, 1.82) is 0 Å². The lowest BCUT2D eigenvalue weighted by molar-refractivity contribution is -0.139. The average Bonchev–Trinajstić information content (AvgIpc) is 2.78. The molecule has 0 saturated heterocycles. The average molecular weight is 468 g/mol. The molecule has 0 bridgehead atoms. The molecular weight excluding hydrogens is 434 g/mol. The molecule has 0 aromatic heterocycles. The summed E-state index contributed by atoms with van der Waals surface area (Å²) in [5.41, 5.74) is 0.462. The molecule has 3 amide bonds. The van der Waals surface area contributed by atoms with Gasteiger partial charge in [0.25, 0.3) is 5.91 Å². The summed E-state index contributed by atoms with van der Waals surface area (Å²) in [6.45, 7) is 10.6. The van der Waals surface area contributed by atoms with Crippen LogP contribution in [0.2, 0.25) is 0 Å². The molecule has 0 aliphatic heterocycles. The van der Waals surface area contributed by atoms with E-state index in [4.69, 9.17) is 9.47 Å². The number of hydrogen-bond donors (Lipinski definition) is 2. The summed E-state index contributed by atoms with van der Waals surface area (Å²) in [5.74, 6) is -0.205. The first-order chi connectivity index (χ1) is 16.1. The molecule has 0 spiro atoms. The van der Waals surface area contributed by atoms with Gasteiger partial charge in [-0.05, 0) is 57.5 Å². The summed E-state index contributed by atoms with van der Waals surface area (Å²) in [4.78, 5) is 40.4. The molecule has 2 N–H and O–H groups in total. The van der Waals surface area contributed by atoms with E-state index < -0.39 is 35.6 Å². The molecule has 2 unspecified atom stereocenters. The normalized spacial score (nSPS) is 12.6. The maximum Gasteiger partial charge on any atom is 0.408 e. The smallest absolute Gasteiger partial charge is 0.408 e. The van der Waals surface area contributed by atoms with Crippen molar-refractivity contribution >= 4 is 23.6 Å². The fourth-order valence-corrected chi connectivity index (χ4v) is 3.25. The van der Waals surface area contributed by atoms with Crippen molar-refractivity contribution in [3.8, 4) is 5.75 Å². The number of anilines is 1. The first-order valence-corrected chi connectivity index (χ1v) is 11.0. The molecule has 0 aliphatic carbocycles. The molecule has 0 fully saturated rings. The van der Waals surface area contributed by atoms with E-state index in [9.17, 15) is 14.4 Å². The monoisotopic (exact) mass is 467 g/mol. The molecule has 0 saturated carbocycles. The molecule has 8 nitrogen and oxygen atoms in total. The predicted molar refractivity (Wildman–Crippen MR) is 132 cm³/mol. The number of hydrogen-bond acceptors (Lipinski definition) is 5. The van der Waals surface area contributed by atoms with Crippen LogP contribution >= 0.6 is 0 Å². The molecule has 0 heterocycles. The number of nitrogens with one attached hydrogen (secondary N) is 2. The third kappa shape index (κ3) is 7.65. The van der Waals surface area contributed by atoms with Crippen LogP contribution in [0.25, 0.3) is 0 Å². The molecule has 2 atom stereocenters. The van der Waals surface area contributed by atoms with E-state index in [1.54, 1.807) is 83.3 Å². The fourth-order valence-electron chi connectivity index (χ4n) is 3.25. The van der Waals surface area contributed by atoms with Gasteiger partial charge in [0.05, 0.1) is 7.11 Å². The number of carbonyl (C=O) groups excluding carboxylic acids is 3. The highest BCUT2D eigenvalue weighted by Crippen LogP contribution is 2.25. The van der Waals surface area contributed by atoms with Crippen molar-refractivity contribution in [3.05, 3.63) is 72.8 Å². The molecule has 182 valence electrons. The predicted octanol–water partition coefficient (Wildman–Crippen LogP) is 4.30. The number of rotatable bonds is 9. The van der Waals surface area contributed by atoms with E-state index in [1.165, 1.54) is 11.0 Å². The Bertz CT molecular complexity index is 984. The summed E-state index contributed by atoms with van der Waals surface area (Å²) in [6, 6.07) is 13.9. The van der Waals surface area contributed by atoms with Gasteiger partial charge in [-0.1, -0.05) is 36.4 Å². The molecular formula is C26H33N3O5. The Balaban J connectivity index is 2.32. The Morgan fingerprint density at radius 1 is 1.06 bits per heavy atom. The Labute approximate surface area is 200 Å². The van der Waals surface area contributed by atoms with Gasteiger partial charge in [0.2, 0.25) is 5.91 Å². The third-order valence-electron chi connectivity index (χ3n) is 4.75. The van der Waals surface area contributed by atoms with Gasteiger partial charge in [0, 0.05) is 12.2 Å². The van der Waals surface area contributed by atoms with Gasteiger partial charge in [-0.3, -0.25) is 9.59 Å². The van der Waals surface area contributed by atoms with Gasteiger partial charge in [-0.15, -0.1) is 6.58 Å². The Morgan fingerprint density at radius 2 is 1.68 bits per heavy atom. The fraction of sp³-hybridized carbons (Fsp3) is 0.346. The molecule has 8 heteroatoms. The van der Waals surface area contributed by atoms with Crippen molar-refractivity contribution in [2.75, 3.05) is 19.0 Å².